The lowest BCUT2D eigenvalue weighted by Crippen LogP contribution is -2.31. The Morgan fingerprint density at radius 2 is 1.94 bits per heavy atom. The van der Waals surface area contributed by atoms with E-state index in [2.05, 4.69) is 4.98 Å². The van der Waals surface area contributed by atoms with Crippen molar-refractivity contribution in [2.75, 3.05) is 13.2 Å². The first kappa shape index (κ1) is 23.6. The molecule has 0 spiro atoms. The molecule has 1 saturated heterocycles. The second-order valence-corrected chi connectivity index (χ2v) is 8.51. The van der Waals surface area contributed by atoms with E-state index in [1.165, 1.54) is 4.90 Å². The third-order valence-electron chi connectivity index (χ3n) is 5.68. The van der Waals surface area contributed by atoms with E-state index in [1.54, 1.807) is 61.1 Å². The number of hydrogen-bond acceptors (Lipinski definition) is 5. The number of amides is 1. The van der Waals surface area contributed by atoms with Crippen LogP contribution in [0.2, 0.25) is 5.02 Å². The van der Waals surface area contributed by atoms with Crippen LogP contribution >= 0.6 is 11.6 Å². The summed E-state index contributed by atoms with van der Waals surface area (Å²) in [5, 5.41) is 11.8. The second kappa shape index (κ2) is 10.6. The molecule has 1 amide bonds. The molecule has 0 aliphatic carbocycles. The highest BCUT2D eigenvalue weighted by Gasteiger charge is 2.45. The molecule has 1 N–H and O–H groups in total. The Balaban J connectivity index is 1.71. The van der Waals surface area contributed by atoms with Crippen molar-refractivity contribution in [3.05, 3.63) is 89.0 Å². The van der Waals surface area contributed by atoms with Crippen LogP contribution in [0.5, 0.6) is 5.75 Å². The van der Waals surface area contributed by atoms with Crippen molar-refractivity contribution in [2.24, 2.45) is 0 Å². The summed E-state index contributed by atoms with van der Waals surface area (Å²) < 4.78 is 7.59. The highest BCUT2D eigenvalue weighted by Crippen LogP contribution is 2.40. The first-order chi connectivity index (χ1) is 16.5. The van der Waals surface area contributed by atoms with Crippen LogP contribution in [0.15, 0.2) is 72.8 Å². The number of carbonyl (C=O) groups is 2. The summed E-state index contributed by atoms with van der Waals surface area (Å²) in [4.78, 5) is 31.8. The number of benzene rings is 2. The Labute approximate surface area is 203 Å². The molecule has 7 nitrogen and oxygen atoms in total. The van der Waals surface area contributed by atoms with Gasteiger partial charge in [-0.2, -0.15) is 0 Å². The maximum absolute atomic E-state index is 13.1. The van der Waals surface area contributed by atoms with Crippen LogP contribution in [0.3, 0.4) is 0 Å². The minimum Gasteiger partial charge on any atom is -0.507 e. The van der Waals surface area contributed by atoms with Crippen molar-refractivity contribution in [2.45, 2.75) is 32.4 Å². The number of carbonyl (C=O) groups excluding carboxylic acids is 2. The first-order valence-electron chi connectivity index (χ1n) is 11.2. The number of aryl methyl sites for hydroxylation is 1. The molecule has 0 saturated carbocycles. The van der Waals surface area contributed by atoms with Crippen LogP contribution in [0, 0.1) is 0 Å². The Hall–Kier alpha value is -3.58. The molecule has 3 aromatic rings. The zero-order valence-electron chi connectivity index (χ0n) is 18.9. The van der Waals surface area contributed by atoms with Gasteiger partial charge >= 0.3 is 0 Å². The van der Waals surface area contributed by atoms with Crippen LogP contribution in [0.1, 0.15) is 36.9 Å². The van der Waals surface area contributed by atoms with Gasteiger partial charge in [0, 0.05) is 36.1 Å². The fourth-order valence-corrected chi connectivity index (χ4v) is 4.18. The predicted octanol–water partition coefficient (Wildman–Crippen LogP) is 4.84. The van der Waals surface area contributed by atoms with E-state index in [0.717, 1.165) is 6.42 Å². The maximum Gasteiger partial charge on any atom is 0.295 e. The molecule has 1 unspecified atom stereocenters. The summed E-state index contributed by atoms with van der Waals surface area (Å²) in [6.45, 7) is 3.53. The van der Waals surface area contributed by atoms with Crippen molar-refractivity contribution < 1.29 is 19.4 Å². The number of imidazole rings is 1. The van der Waals surface area contributed by atoms with Crippen molar-refractivity contribution in [1.29, 1.82) is 0 Å². The molecule has 176 valence electrons. The molecule has 1 fully saturated rings. The molecule has 1 atom stereocenters. The topological polar surface area (TPSA) is 84.7 Å². The number of Topliss-reactive ketones (excluding diaryl/α,β-unsaturated/α-hetero) is 1. The van der Waals surface area contributed by atoms with Crippen molar-refractivity contribution in [3.63, 3.8) is 0 Å². The number of likely N-dealkylation sites (tertiary alicyclic amines) is 1. The van der Waals surface area contributed by atoms with Gasteiger partial charge in [0.25, 0.3) is 11.7 Å². The van der Waals surface area contributed by atoms with Crippen LogP contribution in [-0.2, 0) is 16.1 Å². The number of hydrogen-bond donors (Lipinski definition) is 1. The second-order valence-electron chi connectivity index (χ2n) is 8.07. The van der Waals surface area contributed by atoms with Crippen LogP contribution in [0.25, 0.3) is 5.76 Å². The third kappa shape index (κ3) is 4.99. The summed E-state index contributed by atoms with van der Waals surface area (Å²) in [7, 11) is 0. The zero-order chi connectivity index (χ0) is 24.1. The molecule has 1 aliphatic heterocycles. The zero-order valence-corrected chi connectivity index (χ0v) is 19.6. The van der Waals surface area contributed by atoms with Crippen molar-refractivity contribution in [3.8, 4) is 5.75 Å². The van der Waals surface area contributed by atoms with Crippen LogP contribution < -0.4 is 4.74 Å². The van der Waals surface area contributed by atoms with E-state index in [1.807, 2.05) is 17.7 Å². The lowest BCUT2D eigenvalue weighted by Gasteiger charge is -2.25. The molecule has 0 radical (unpaired) electrons. The van der Waals surface area contributed by atoms with Gasteiger partial charge in [0.1, 0.15) is 11.5 Å². The Morgan fingerprint density at radius 1 is 1.15 bits per heavy atom. The molecule has 8 heteroatoms. The quantitative estimate of drug-likeness (QED) is 0.270. The number of aliphatic hydroxyl groups excluding tert-OH is 1. The summed E-state index contributed by atoms with van der Waals surface area (Å²) in [6, 6.07) is 13.2. The van der Waals surface area contributed by atoms with Gasteiger partial charge in [0.05, 0.1) is 24.5 Å². The van der Waals surface area contributed by atoms with Crippen molar-refractivity contribution >= 4 is 29.1 Å². The van der Waals surface area contributed by atoms with E-state index in [0.29, 0.717) is 48.0 Å². The van der Waals surface area contributed by atoms with E-state index in [9.17, 15) is 14.7 Å². The maximum atomic E-state index is 13.1. The average molecular weight is 480 g/mol. The van der Waals surface area contributed by atoms with Gasteiger partial charge in [-0.15, -0.1) is 0 Å². The van der Waals surface area contributed by atoms with Gasteiger partial charge in [0.2, 0.25) is 0 Å². The van der Waals surface area contributed by atoms with Gasteiger partial charge in [-0.3, -0.25) is 9.59 Å². The number of nitrogens with zero attached hydrogens (tertiary/aromatic N) is 3. The largest absolute Gasteiger partial charge is 0.507 e. The molecule has 1 aliphatic rings. The monoisotopic (exact) mass is 479 g/mol. The van der Waals surface area contributed by atoms with Crippen LogP contribution in [-0.4, -0.2) is 44.4 Å². The smallest absolute Gasteiger partial charge is 0.295 e. The lowest BCUT2D eigenvalue weighted by atomic mass is 9.95. The standard InChI is InChI=1S/C26H26ClN3O4/c1-2-15-34-21-6-3-5-19(16-21)24(31)22-23(18-7-9-20(27)10-8-18)30(26(33)25(22)32)13-4-12-29-14-11-28-17-29/h3,5-11,14,16-17,23,31H,2,4,12-13,15H2,1H3/b24-22+. The van der Waals surface area contributed by atoms with Gasteiger partial charge < -0.3 is 19.3 Å². The molecular formula is C26H26ClN3O4. The first-order valence-corrected chi connectivity index (χ1v) is 11.6. The number of aromatic nitrogens is 2. The third-order valence-corrected chi connectivity index (χ3v) is 5.93. The number of ketones is 1. The normalized spacial score (nSPS) is 17.4. The SMILES string of the molecule is CCCOc1cccc(/C(O)=C2\C(=O)C(=O)N(CCCn3ccnc3)C2c2ccc(Cl)cc2)c1. The predicted molar refractivity (Wildman–Crippen MR) is 130 cm³/mol. The average Bonchev–Trinajstić information content (AvgIpc) is 3.45. The molecule has 2 heterocycles. The number of ether oxygens (including phenoxy) is 1. The highest BCUT2D eigenvalue weighted by molar-refractivity contribution is 6.46. The van der Waals surface area contributed by atoms with E-state index < -0.39 is 17.7 Å². The van der Waals surface area contributed by atoms with Gasteiger partial charge in [-0.1, -0.05) is 42.8 Å². The highest BCUT2D eigenvalue weighted by atomic mass is 35.5. The molecule has 4 rings (SSSR count). The summed E-state index contributed by atoms with van der Waals surface area (Å²) in [5.74, 6) is -0.980. The van der Waals surface area contributed by atoms with E-state index in [4.69, 9.17) is 16.3 Å². The fourth-order valence-electron chi connectivity index (χ4n) is 4.05. The minimum atomic E-state index is -0.722. The number of halogens is 1. The fraction of sp³-hybridized carbons (Fsp3) is 0.269. The summed E-state index contributed by atoms with van der Waals surface area (Å²) in [6.07, 6.45) is 6.71. The van der Waals surface area contributed by atoms with E-state index >= 15 is 0 Å². The molecular weight excluding hydrogens is 454 g/mol. The number of rotatable bonds is 9. The van der Waals surface area contributed by atoms with Gasteiger partial charge in [-0.05, 0) is 42.7 Å². The molecule has 2 aromatic carbocycles. The molecule has 1 aromatic heterocycles. The van der Waals surface area contributed by atoms with E-state index in [-0.39, 0.29) is 11.3 Å². The van der Waals surface area contributed by atoms with Gasteiger partial charge in [0.15, 0.2) is 0 Å². The Kier molecular flexibility index (Phi) is 7.33. The molecule has 0 bridgehead atoms. The van der Waals surface area contributed by atoms with Crippen molar-refractivity contribution in [1.82, 2.24) is 14.5 Å². The summed E-state index contributed by atoms with van der Waals surface area (Å²) in [5.41, 5.74) is 1.18. The Morgan fingerprint density at radius 3 is 2.65 bits per heavy atom. The molecule has 34 heavy (non-hydrogen) atoms. The van der Waals surface area contributed by atoms with Crippen LogP contribution in [0.4, 0.5) is 0 Å². The van der Waals surface area contributed by atoms with Gasteiger partial charge in [-0.25, -0.2) is 4.98 Å². The summed E-state index contributed by atoms with van der Waals surface area (Å²) >= 11 is 6.08. The minimum absolute atomic E-state index is 0.0580. The lowest BCUT2D eigenvalue weighted by molar-refractivity contribution is -0.139. The number of aliphatic hydroxyl groups is 1. The Bertz CT molecular complexity index is 1190.